The topological polar surface area (TPSA) is 98.8 Å². The molecule has 0 saturated carbocycles. The Balaban J connectivity index is 1.68. The molecule has 2 atom stereocenters. The first kappa shape index (κ1) is 20.2. The molecule has 146 valence electrons. The summed E-state index contributed by atoms with van der Waals surface area (Å²) in [5.41, 5.74) is 0. The molecule has 2 unspecified atom stereocenters. The van der Waals surface area contributed by atoms with Gasteiger partial charge >= 0.3 is 0 Å². The molecule has 0 aromatic carbocycles. The zero-order chi connectivity index (χ0) is 19.4. The molecule has 0 aliphatic carbocycles. The van der Waals surface area contributed by atoms with E-state index in [0.29, 0.717) is 26.2 Å². The third kappa shape index (κ3) is 4.74. The van der Waals surface area contributed by atoms with Crippen molar-refractivity contribution in [3.8, 4) is 0 Å². The summed E-state index contributed by atoms with van der Waals surface area (Å²) >= 11 is 0. The zero-order valence-corrected chi connectivity index (χ0v) is 16.1. The minimum Gasteiger partial charge on any atom is -0.354 e. The summed E-state index contributed by atoms with van der Waals surface area (Å²) in [4.78, 5) is 51.5. The second kappa shape index (κ2) is 8.51. The third-order valence-corrected chi connectivity index (χ3v) is 5.03. The fourth-order valence-corrected chi connectivity index (χ4v) is 3.47. The van der Waals surface area contributed by atoms with Crippen molar-refractivity contribution in [2.24, 2.45) is 11.8 Å². The molecule has 2 N–H and O–H groups in total. The Hall–Kier alpha value is -2.12. The van der Waals surface area contributed by atoms with Crippen molar-refractivity contribution in [1.29, 1.82) is 0 Å². The van der Waals surface area contributed by atoms with E-state index in [-0.39, 0.29) is 60.4 Å². The summed E-state index contributed by atoms with van der Waals surface area (Å²) in [5.74, 6) is -0.945. The molecule has 0 bridgehead atoms. The number of rotatable bonds is 7. The molecule has 4 amide bonds. The zero-order valence-electron chi connectivity index (χ0n) is 16.1. The van der Waals surface area contributed by atoms with E-state index in [4.69, 9.17) is 0 Å². The maximum absolute atomic E-state index is 12.2. The molecule has 2 heterocycles. The summed E-state index contributed by atoms with van der Waals surface area (Å²) in [6, 6.07) is 0.193. The molecule has 2 aliphatic rings. The summed E-state index contributed by atoms with van der Waals surface area (Å²) in [5, 5.41) is 5.55. The second-order valence-electron chi connectivity index (χ2n) is 7.66. The minimum absolute atomic E-state index is 0.00839. The van der Waals surface area contributed by atoms with Crippen molar-refractivity contribution >= 4 is 23.6 Å². The minimum atomic E-state index is -0.326. The molecular weight excluding hydrogens is 336 g/mol. The van der Waals surface area contributed by atoms with Crippen LogP contribution in [0.25, 0.3) is 0 Å². The van der Waals surface area contributed by atoms with Crippen molar-refractivity contribution in [3.05, 3.63) is 0 Å². The van der Waals surface area contributed by atoms with Crippen LogP contribution in [0.15, 0.2) is 0 Å². The lowest BCUT2D eigenvalue weighted by Gasteiger charge is -2.21. The van der Waals surface area contributed by atoms with E-state index in [0.717, 1.165) is 0 Å². The van der Waals surface area contributed by atoms with Gasteiger partial charge in [0, 0.05) is 51.1 Å². The van der Waals surface area contributed by atoms with Gasteiger partial charge in [0.05, 0.1) is 11.8 Å². The third-order valence-electron chi connectivity index (χ3n) is 5.03. The van der Waals surface area contributed by atoms with Gasteiger partial charge in [-0.1, -0.05) is 0 Å². The quantitative estimate of drug-likeness (QED) is 0.606. The van der Waals surface area contributed by atoms with Crippen LogP contribution in [0, 0.1) is 11.8 Å². The number of nitrogens with one attached hydrogen (secondary N) is 2. The van der Waals surface area contributed by atoms with Crippen molar-refractivity contribution in [3.63, 3.8) is 0 Å². The number of amides is 4. The lowest BCUT2D eigenvalue weighted by Crippen LogP contribution is -2.41. The SMILES string of the molecule is CC(C)N1CC(C(=O)NCCNC(=O)C2CC(=O)N(C(C)C)C2)CC1=O. The van der Waals surface area contributed by atoms with Crippen molar-refractivity contribution in [1.82, 2.24) is 20.4 Å². The van der Waals surface area contributed by atoms with Gasteiger partial charge in [0.1, 0.15) is 0 Å². The van der Waals surface area contributed by atoms with Crippen LogP contribution in [0.1, 0.15) is 40.5 Å². The predicted octanol–water partition coefficient (Wildman–Crippen LogP) is -0.267. The molecular formula is C18H30N4O4. The Kier molecular flexibility index (Phi) is 6.61. The maximum Gasteiger partial charge on any atom is 0.225 e. The number of carbonyl (C=O) groups is 4. The van der Waals surface area contributed by atoms with E-state index >= 15 is 0 Å². The van der Waals surface area contributed by atoms with Gasteiger partial charge in [0.25, 0.3) is 0 Å². The monoisotopic (exact) mass is 366 g/mol. The lowest BCUT2D eigenvalue weighted by molar-refractivity contribution is -0.130. The number of nitrogens with zero attached hydrogens (tertiary/aromatic N) is 2. The summed E-state index contributed by atoms with van der Waals surface area (Å²) in [6.07, 6.45) is 0.483. The van der Waals surface area contributed by atoms with Gasteiger partial charge in [-0.25, -0.2) is 0 Å². The second-order valence-corrected chi connectivity index (χ2v) is 7.66. The van der Waals surface area contributed by atoms with Gasteiger partial charge in [-0.15, -0.1) is 0 Å². The Morgan fingerprint density at radius 2 is 1.19 bits per heavy atom. The summed E-state index contributed by atoms with van der Waals surface area (Å²) < 4.78 is 0. The van der Waals surface area contributed by atoms with E-state index < -0.39 is 0 Å². The van der Waals surface area contributed by atoms with Gasteiger partial charge < -0.3 is 20.4 Å². The summed E-state index contributed by atoms with van der Waals surface area (Å²) in [7, 11) is 0. The molecule has 8 heteroatoms. The van der Waals surface area contributed by atoms with Crippen LogP contribution in [0.3, 0.4) is 0 Å². The highest BCUT2D eigenvalue weighted by atomic mass is 16.2. The smallest absolute Gasteiger partial charge is 0.225 e. The standard InChI is InChI=1S/C18H30N4O4/c1-11(2)21-9-13(7-15(21)23)17(25)19-5-6-20-18(26)14-8-16(24)22(10-14)12(3)4/h11-14H,5-10H2,1-4H3,(H,19,25)(H,20,26). The van der Waals surface area contributed by atoms with Crippen molar-refractivity contribution in [2.45, 2.75) is 52.6 Å². The van der Waals surface area contributed by atoms with Gasteiger partial charge in [-0.2, -0.15) is 0 Å². The van der Waals surface area contributed by atoms with E-state index in [1.165, 1.54) is 0 Å². The highest BCUT2D eigenvalue weighted by Crippen LogP contribution is 2.21. The van der Waals surface area contributed by atoms with Crippen LogP contribution < -0.4 is 10.6 Å². The number of hydrogen-bond acceptors (Lipinski definition) is 4. The Labute approximate surface area is 154 Å². The average Bonchev–Trinajstić information content (AvgIpc) is 3.14. The van der Waals surface area contributed by atoms with Crippen LogP contribution in [0.2, 0.25) is 0 Å². The first-order valence-corrected chi connectivity index (χ1v) is 9.35. The van der Waals surface area contributed by atoms with Crippen molar-refractivity contribution in [2.75, 3.05) is 26.2 Å². The van der Waals surface area contributed by atoms with Gasteiger partial charge in [0.2, 0.25) is 23.6 Å². The highest BCUT2D eigenvalue weighted by Gasteiger charge is 2.36. The maximum atomic E-state index is 12.2. The van der Waals surface area contributed by atoms with Crippen molar-refractivity contribution < 1.29 is 19.2 Å². The molecule has 2 aliphatic heterocycles. The first-order valence-electron chi connectivity index (χ1n) is 9.35. The first-order chi connectivity index (χ1) is 12.2. The highest BCUT2D eigenvalue weighted by molar-refractivity contribution is 5.90. The Bertz CT molecular complexity index is 526. The van der Waals surface area contributed by atoms with Gasteiger partial charge in [-0.3, -0.25) is 19.2 Å². The molecule has 0 radical (unpaired) electrons. The van der Waals surface area contributed by atoms with Gasteiger partial charge in [-0.05, 0) is 27.7 Å². The number of carbonyl (C=O) groups excluding carboxylic acids is 4. The Morgan fingerprint density at radius 3 is 1.46 bits per heavy atom. The number of hydrogen-bond donors (Lipinski definition) is 2. The fourth-order valence-electron chi connectivity index (χ4n) is 3.47. The molecule has 8 nitrogen and oxygen atoms in total. The van der Waals surface area contributed by atoms with E-state index in [1.54, 1.807) is 9.80 Å². The molecule has 2 fully saturated rings. The fraction of sp³-hybridized carbons (Fsp3) is 0.778. The summed E-state index contributed by atoms with van der Waals surface area (Å²) in [6.45, 7) is 9.25. The van der Waals surface area contributed by atoms with Crippen LogP contribution in [0.4, 0.5) is 0 Å². The van der Waals surface area contributed by atoms with Crippen LogP contribution >= 0.6 is 0 Å². The molecule has 2 rings (SSSR count). The largest absolute Gasteiger partial charge is 0.354 e. The van der Waals surface area contributed by atoms with Gasteiger partial charge in [0.15, 0.2) is 0 Å². The van der Waals surface area contributed by atoms with E-state index in [1.807, 2.05) is 27.7 Å². The van der Waals surface area contributed by atoms with Crippen LogP contribution in [0.5, 0.6) is 0 Å². The molecule has 0 aromatic heterocycles. The Morgan fingerprint density at radius 1 is 0.846 bits per heavy atom. The molecule has 0 aromatic rings. The lowest BCUT2D eigenvalue weighted by atomic mass is 10.1. The van der Waals surface area contributed by atoms with Crippen LogP contribution in [-0.4, -0.2) is 71.7 Å². The van der Waals surface area contributed by atoms with E-state index in [9.17, 15) is 19.2 Å². The number of likely N-dealkylation sites (tertiary alicyclic amines) is 2. The molecule has 0 spiro atoms. The predicted molar refractivity (Wildman–Crippen MR) is 95.9 cm³/mol. The van der Waals surface area contributed by atoms with Crippen LogP contribution in [-0.2, 0) is 19.2 Å². The molecule has 2 saturated heterocycles. The average molecular weight is 366 g/mol. The molecule has 26 heavy (non-hydrogen) atoms. The normalized spacial score (nSPS) is 23.3. The van der Waals surface area contributed by atoms with E-state index in [2.05, 4.69) is 10.6 Å².